The lowest BCUT2D eigenvalue weighted by molar-refractivity contribution is 0.103. The fourth-order valence-corrected chi connectivity index (χ4v) is 3.35. The lowest BCUT2D eigenvalue weighted by atomic mass is 10.2. The van der Waals surface area contributed by atoms with E-state index in [1.807, 2.05) is 26.8 Å². The van der Waals surface area contributed by atoms with E-state index in [2.05, 4.69) is 21.2 Å². The predicted molar refractivity (Wildman–Crippen MR) is 91.9 cm³/mol. The van der Waals surface area contributed by atoms with Gasteiger partial charge in [-0.2, -0.15) is 0 Å². The number of hydrogen-bond acceptors (Lipinski definition) is 3. The zero-order valence-electron chi connectivity index (χ0n) is 11.9. The maximum atomic E-state index is 12.2. The van der Waals surface area contributed by atoms with Crippen molar-refractivity contribution in [1.82, 2.24) is 0 Å². The average molecular weight is 389 g/mol. The Kier molecular flexibility index (Phi) is 5.30. The highest BCUT2D eigenvalue weighted by molar-refractivity contribution is 9.11. The molecule has 1 aromatic heterocycles. The molecule has 6 heteroatoms. The van der Waals surface area contributed by atoms with E-state index in [1.165, 1.54) is 11.3 Å². The minimum Gasteiger partial charge on any atom is -0.489 e. The number of nitrogens with one attached hydrogen (secondary N) is 1. The number of aryl methyl sites for hydroxylation is 1. The summed E-state index contributed by atoms with van der Waals surface area (Å²) in [6.07, 6.45) is 0.0504. The number of anilines is 1. The topological polar surface area (TPSA) is 38.3 Å². The summed E-state index contributed by atoms with van der Waals surface area (Å²) in [5.74, 6) is 0.460. The molecule has 0 bridgehead atoms. The molecule has 0 saturated carbocycles. The Labute approximate surface area is 141 Å². The van der Waals surface area contributed by atoms with E-state index in [4.69, 9.17) is 16.3 Å². The molecule has 0 aliphatic rings. The van der Waals surface area contributed by atoms with E-state index < -0.39 is 0 Å². The summed E-state index contributed by atoms with van der Waals surface area (Å²) < 4.78 is 6.52. The van der Waals surface area contributed by atoms with Crippen LogP contribution in [-0.4, -0.2) is 12.0 Å². The number of hydrogen-bond donors (Lipinski definition) is 1. The molecular weight excluding hydrogens is 374 g/mol. The molecule has 1 aromatic carbocycles. The molecule has 0 aliphatic heterocycles. The smallest absolute Gasteiger partial charge is 0.265 e. The SMILES string of the molecule is Cc1cc(C(=O)Nc2ccc(OC(C)C)c(Cl)c2)sc1Br. The lowest BCUT2D eigenvalue weighted by Gasteiger charge is -2.12. The zero-order valence-corrected chi connectivity index (χ0v) is 15.0. The number of amides is 1. The van der Waals surface area contributed by atoms with Crippen molar-refractivity contribution in [3.05, 3.63) is 43.5 Å². The van der Waals surface area contributed by atoms with E-state index >= 15 is 0 Å². The molecule has 0 radical (unpaired) electrons. The summed E-state index contributed by atoms with van der Waals surface area (Å²) in [5, 5.41) is 3.31. The summed E-state index contributed by atoms with van der Waals surface area (Å²) in [6, 6.07) is 7.07. The summed E-state index contributed by atoms with van der Waals surface area (Å²) >= 11 is 11.0. The van der Waals surface area contributed by atoms with Gasteiger partial charge in [-0.15, -0.1) is 11.3 Å². The van der Waals surface area contributed by atoms with Crippen LogP contribution in [0.1, 0.15) is 29.1 Å². The largest absolute Gasteiger partial charge is 0.489 e. The van der Waals surface area contributed by atoms with Crippen LogP contribution < -0.4 is 10.1 Å². The standard InChI is InChI=1S/C15H15BrClNO2S/c1-8(2)20-12-5-4-10(7-11(12)17)18-15(19)13-6-9(3)14(16)21-13/h4-8H,1-3H3,(H,18,19). The number of carbonyl (C=O) groups is 1. The number of halogens is 2. The number of carbonyl (C=O) groups excluding carboxylic acids is 1. The summed E-state index contributed by atoms with van der Waals surface area (Å²) in [7, 11) is 0. The molecule has 0 saturated heterocycles. The highest BCUT2D eigenvalue weighted by atomic mass is 79.9. The van der Waals surface area contributed by atoms with Gasteiger partial charge in [-0.1, -0.05) is 11.6 Å². The van der Waals surface area contributed by atoms with Gasteiger partial charge < -0.3 is 10.1 Å². The first-order valence-corrected chi connectivity index (χ1v) is 8.39. The van der Waals surface area contributed by atoms with E-state index in [0.717, 1.165) is 9.35 Å². The van der Waals surface area contributed by atoms with Crippen LogP contribution >= 0.6 is 38.9 Å². The van der Waals surface area contributed by atoms with Crippen LogP contribution in [-0.2, 0) is 0 Å². The Morgan fingerprint density at radius 1 is 1.38 bits per heavy atom. The third-order valence-corrected chi connectivity index (χ3v) is 5.06. The van der Waals surface area contributed by atoms with E-state index in [1.54, 1.807) is 18.2 Å². The van der Waals surface area contributed by atoms with Crippen molar-refractivity contribution >= 4 is 50.5 Å². The maximum Gasteiger partial charge on any atom is 0.265 e. The number of ether oxygens (including phenoxy) is 1. The van der Waals surface area contributed by atoms with Gasteiger partial charge in [-0.25, -0.2) is 0 Å². The van der Waals surface area contributed by atoms with Crippen LogP contribution in [0.2, 0.25) is 5.02 Å². The van der Waals surface area contributed by atoms with Crippen molar-refractivity contribution in [3.63, 3.8) is 0 Å². The molecule has 0 spiro atoms. The molecule has 0 unspecified atom stereocenters. The first kappa shape index (κ1) is 16.3. The van der Waals surface area contributed by atoms with Crippen LogP contribution in [0.25, 0.3) is 0 Å². The third-order valence-electron chi connectivity index (χ3n) is 2.63. The molecule has 0 fully saturated rings. The summed E-state index contributed by atoms with van der Waals surface area (Å²) in [4.78, 5) is 12.8. The fraction of sp³-hybridized carbons (Fsp3) is 0.267. The van der Waals surface area contributed by atoms with Gasteiger partial charge in [0.2, 0.25) is 0 Å². The van der Waals surface area contributed by atoms with Gasteiger partial charge in [0.15, 0.2) is 0 Å². The molecule has 0 aliphatic carbocycles. The molecule has 1 heterocycles. The van der Waals surface area contributed by atoms with Crippen molar-refractivity contribution in [2.24, 2.45) is 0 Å². The zero-order chi connectivity index (χ0) is 15.6. The molecule has 2 rings (SSSR count). The van der Waals surface area contributed by atoms with Crippen LogP contribution in [0.3, 0.4) is 0 Å². The predicted octanol–water partition coefficient (Wildman–Crippen LogP) is 5.51. The van der Waals surface area contributed by atoms with Gasteiger partial charge in [0.05, 0.1) is 19.8 Å². The van der Waals surface area contributed by atoms with Gasteiger partial charge in [-0.05, 0) is 66.5 Å². The highest BCUT2D eigenvalue weighted by Gasteiger charge is 2.12. The van der Waals surface area contributed by atoms with Gasteiger partial charge in [0, 0.05) is 5.69 Å². The maximum absolute atomic E-state index is 12.2. The number of rotatable bonds is 4. The first-order chi connectivity index (χ1) is 9.86. The molecule has 1 N–H and O–H groups in total. The Morgan fingerprint density at radius 2 is 2.10 bits per heavy atom. The third kappa shape index (κ3) is 4.22. The minimum absolute atomic E-state index is 0.0504. The van der Waals surface area contributed by atoms with Crippen molar-refractivity contribution in [1.29, 1.82) is 0 Å². The lowest BCUT2D eigenvalue weighted by Crippen LogP contribution is -2.10. The van der Waals surface area contributed by atoms with Crippen LogP contribution in [0, 0.1) is 6.92 Å². The Hall–Kier alpha value is -1.04. The quantitative estimate of drug-likeness (QED) is 0.749. The van der Waals surface area contributed by atoms with Crippen molar-refractivity contribution in [2.75, 3.05) is 5.32 Å². The van der Waals surface area contributed by atoms with Crippen molar-refractivity contribution < 1.29 is 9.53 Å². The highest BCUT2D eigenvalue weighted by Crippen LogP contribution is 2.30. The second-order valence-corrected chi connectivity index (χ2v) is 7.61. The second-order valence-electron chi connectivity index (χ2n) is 4.83. The fourth-order valence-electron chi connectivity index (χ4n) is 1.69. The van der Waals surface area contributed by atoms with Crippen LogP contribution in [0.15, 0.2) is 28.1 Å². The van der Waals surface area contributed by atoms with E-state index in [-0.39, 0.29) is 12.0 Å². The van der Waals surface area contributed by atoms with Crippen molar-refractivity contribution in [2.45, 2.75) is 26.9 Å². The molecule has 1 amide bonds. The number of benzene rings is 1. The van der Waals surface area contributed by atoms with Gasteiger partial charge in [0.1, 0.15) is 5.75 Å². The Bertz CT molecular complexity index is 650. The second kappa shape index (κ2) is 6.81. The Balaban J connectivity index is 2.12. The molecule has 21 heavy (non-hydrogen) atoms. The normalized spacial score (nSPS) is 10.8. The molecular formula is C15H15BrClNO2S. The van der Waals surface area contributed by atoms with Gasteiger partial charge in [0.25, 0.3) is 5.91 Å². The monoisotopic (exact) mass is 387 g/mol. The minimum atomic E-state index is -0.151. The summed E-state index contributed by atoms with van der Waals surface area (Å²) in [6.45, 7) is 5.82. The van der Waals surface area contributed by atoms with Gasteiger partial charge >= 0.3 is 0 Å². The van der Waals surface area contributed by atoms with Gasteiger partial charge in [-0.3, -0.25) is 4.79 Å². The molecule has 3 nitrogen and oxygen atoms in total. The summed E-state index contributed by atoms with van der Waals surface area (Å²) in [5.41, 5.74) is 1.69. The molecule has 2 aromatic rings. The van der Waals surface area contributed by atoms with Crippen LogP contribution in [0.5, 0.6) is 5.75 Å². The van der Waals surface area contributed by atoms with Crippen molar-refractivity contribution in [3.8, 4) is 5.75 Å². The van der Waals surface area contributed by atoms with E-state index in [9.17, 15) is 4.79 Å². The number of thiophene rings is 1. The first-order valence-electron chi connectivity index (χ1n) is 6.40. The van der Waals surface area contributed by atoms with E-state index in [0.29, 0.717) is 21.3 Å². The molecule has 0 atom stereocenters. The molecule has 112 valence electrons. The average Bonchev–Trinajstić information content (AvgIpc) is 2.73. The Morgan fingerprint density at radius 3 is 2.62 bits per heavy atom. The van der Waals surface area contributed by atoms with Crippen LogP contribution in [0.4, 0.5) is 5.69 Å².